The molecule has 0 spiro atoms. The van der Waals surface area contributed by atoms with E-state index in [0.29, 0.717) is 6.54 Å². The molecule has 5 rings (SSSR count). The van der Waals surface area contributed by atoms with Crippen molar-refractivity contribution in [1.82, 2.24) is 24.7 Å². The number of hydrogen-bond donors (Lipinski definition) is 0. The predicted octanol–water partition coefficient (Wildman–Crippen LogP) is 4.72. The molecule has 0 bridgehead atoms. The van der Waals surface area contributed by atoms with Crippen molar-refractivity contribution in [3.63, 3.8) is 0 Å². The standard InChI is InChI=1S/C32H41N5O2/c1-9-35-12-14-36(15-13-35)23(6)26-20(3)17-21(4)34-29(26)24-10-11-33-25(22(24)5)16-19(2)18-37-30(38)27-28(31(37)39)32(27,7)8/h10-11,16-17,27-28H,6,9,12-15,18H2,1-5,7-8H3/b19-16+. The fourth-order valence-corrected chi connectivity index (χ4v) is 6.53. The van der Waals surface area contributed by atoms with Crippen molar-refractivity contribution in [3.8, 4) is 11.3 Å². The Balaban J connectivity index is 1.44. The number of piperidine rings is 1. The third kappa shape index (κ3) is 4.71. The van der Waals surface area contributed by atoms with Gasteiger partial charge in [0.25, 0.3) is 0 Å². The molecule has 4 heterocycles. The predicted molar refractivity (Wildman–Crippen MR) is 156 cm³/mol. The molecule has 7 heteroatoms. The van der Waals surface area contributed by atoms with Crippen molar-refractivity contribution in [1.29, 1.82) is 0 Å². The van der Waals surface area contributed by atoms with E-state index < -0.39 is 0 Å². The number of hydrogen-bond acceptors (Lipinski definition) is 6. The van der Waals surface area contributed by atoms with Crippen molar-refractivity contribution < 1.29 is 9.59 Å². The minimum absolute atomic E-state index is 0.0384. The zero-order valence-corrected chi connectivity index (χ0v) is 24.5. The molecule has 2 aromatic rings. The van der Waals surface area contributed by atoms with E-state index in [1.165, 1.54) is 4.90 Å². The Morgan fingerprint density at radius 1 is 1.10 bits per heavy atom. The van der Waals surface area contributed by atoms with Gasteiger partial charge in [0.05, 0.1) is 23.2 Å². The lowest BCUT2D eigenvalue weighted by molar-refractivity contribution is -0.142. The van der Waals surface area contributed by atoms with Gasteiger partial charge in [0.1, 0.15) is 0 Å². The second-order valence-electron chi connectivity index (χ2n) is 12.1. The van der Waals surface area contributed by atoms with E-state index in [4.69, 9.17) is 4.98 Å². The van der Waals surface area contributed by atoms with Crippen molar-refractivity contribution in [2.24, 2.45) is 17.3 Å². The van der Waals surface area contributed by atoms with E-state index in [2.05, 4.69) is 48.2 Å². The van der Waals surface area contributed by atoms with Gasteiger partial charge in [0.2, 0.25) is 11.8 Å². The fourth-order valence-electron chi connectivity index (χ4n) is 6.53. The Bertz CT molecular complexity index is 1360. The highest BCUT2D eigenvalue weighted by Gasteiger charge is 2.72. The first kappa shape index (κ1) is 27.3. The number of aromatic nitrogens is 2. The summed E-state index contributed by atoms with van der Waals surface area (Å²) in [5.41, 5.74) is 8.75. The lowest BCUT2D eigenvalue weighted by Gasteiger charge is -2.37. The van der Waals surface area contributed by atoms with E-state index in [1.807, 2.05) is 46.0 Å². The summed E-state index contributed by atoms with van der Waals surface area (Å²) in [7, 11) is 0. The minimum Gasteiger partial charge on any atom is -0.369 e. The molecule has 3 aliphatic rings. The number of carbonyl (C=O) groups excluding carboxylic acids is 2. The molecule has 206 valence electrons. The Morgan fingerprint density at radius 3 is 2.36 bits per heavy atom. The zero-order chi connectivity index (χ0) is 28.2. The van der Waals surface area contributed by atoms with Crippen molar-refractivity contribution in [3.05, 3.63) is 58.6 Å². The third-order valence-corrected chi connectivity index (χ3v) is 9.01. The van der Waals surface area contributed by atoms with Crippen molar-refractivity contribution in [2.45, 2.75) is 48.5 Å². The molecule has 0 aromatic carbocycles. The highest BCUT2D eigenvalue weighted by Crippen LogP contribution is 2.63. The molecular weight excluding hydrogens is 486 g/mol. The van der Waals surface area contributed by atoms with Gasteiger partial charge >= 0.3 is 0 Å². The van der Waals surface area contributed by atoms with E-state index in [1.54, 1.807) is 0 Å². The zero-order valence-electron chi connectivity index (χ0n) is 24.5. The molecule has 0 N–H and O–H groups in total. The quantitative estimate of drug-likeness (QED) is 0.486. The van der Waals surface area contributed by atoms with Gasteiger partial charge in [-0.25, -0.2) is 0 Å². The number of piperazine rings is 1. The number of pyridine rings is 2. The number of carbonyl (C=O) groups is 2. The van der Waals surface area contributed by atoms with Gasteiger partial charge in [-0.1, -0.05) is 32.9 Å². The number of amides is 2. The van der Waals surface area contributed by atoms with Crippen LogP contribution in [-0.4, -0.2) is 75.8 Å². The highest BCUT2D eigenvalue weighted by atomic mass is 16.2. The van der Waals surface area contributed by atoms with E-state index in [9.17, 15) is 9.59 Å². The minimum atomic E-state index is -0.195. The number of aryl methyl sites for hydroxylation is 2. The molecule has 2 saturated heterocycles. The number of likely N-dealkylation sites (tertiary alicyclic amines) is 1. The first-order valence-corrected chi connectivity index (χ1v) is 14.1. The lowest BCUT2D eigenvalue weighted by atomic mass is 9.94. The first-order chi connectivity index (χ1) is 18.4. The van der Waals surface area contributed by atoms with Crippen LogP contribution >= 0.6 is 0 Å². The SMILES string of the molecule is C=C(c1c(C)cc(C)nc1-c1ccnc(/C=C(\C)CN2C(=O)C3C(C2=O)C3(C)C)c1C)N1CCN(CC)CC1. The molecule has 0 radical (unpaired) electrons. The van der Waals surface area contributed by atoms with Crippen LogP contribution in [0.25, 0.3) is 23.0 Å². The highest BCUT2D eigenvalue weighted by molar-refractivity contribution is 6.10. The maximum atomic E-state index is 12.8. The number of rotatable bonds is 7. The molecule has 2 atom stereocenters. The topological polar surface area (TPSA) is 69.6 Å². The largest absolute Gasteiger partial charge is 0.369 e. The second-order valence-corrected chi connectivity index (χ2v) is 12.1. The maximum absolute atomic E-state index is 12.8. The third-order valence-electron chi connectivity index (χ3n) is 9.01. The monoisotopic (exact) mass is 527 g/mol. The summed E-state index contributed by atoms with van der Waals surface area (Å²) in [5.74, 6) is -0.395. The maximum Gasteiger partial charge on any atom is 0.233 e. The van der Waals surface area contributed by atoms with Crippen molar-refractivity contribution >= 4 is 23.6 Å². The summed E-state index contributed by atoms with van der Waals surface area (Å²) >= 11 is 0. The van der Waals surface area contributed by atoms with Gasteiger partial charge in [-0.15, -0.1) is 0 Å². The van der Waals surface area contributed by atoms with E-state index in [0.717, 1.165) is 83.3 Å². The number of fused-ring (bicyclic) bond motifs is 1. The summed E-state index contributed by atoms with van der Waals surface area (Å²) in [6, 6.07) is 4.15. The van der Waals surface area contributed by atoms with Gasteiger partial charge in [-0.2, -0.15) is 0 Å². The summed E-state index contributed by atoms with van der Waals surface area (Å²) in [6.07, 6.45) is 3.81. The van der Waals surface area contributed by atoms with E-state index >= 15 is 0 Å². The number of nitrogens with zero attached hydrogens (tertiary/aromatic N) is 5. The normalized spacial score (nSPS) is 22.9. The first-order valence-electron chi connectivity index (χ1n) is 14.1. The van der Waals surface area contributed by atoms with Gasteiger partial charge in [-0.3, -0.25) is 24.5 Å². The van der Waals surface area contributed by atoms with Crippen LogP contribution in [0.2, 0.25) is 0 Å². The fraction of sp³-hybridized carbons (Fsp3) is 0.500. The van der Waals surface area contributed by atoms with Crippen LogP contribution in [-0.2, 0) is 9.59 Å². The van der Waals surface area contributed by atoms with Crippen LogP contribution in [0.1, 0.15) is 55.8 Å². The van der Waals surface area contributed by atoms with Crippen LogP contribution in [0.5, 0.6) is 0 Å². The van der Waals surface area contributed by atoms with Gasteiger partial charge in [0, 0.05) is 61.4 Å². The molecule has 3 fully saturated rings. The Labute approximate surface area is 232 Å². The Morgan fingerprint density at radius 2 is 1.74 bits per heavy atom. The van der Waals surface area contributed by atoms with Crippen molar-refractivity contribution in [2.75, 3.05) is 39.3 Å². The van der Waals surface area contributed by atoms with Crippen LogP contribution in [0.3, 0.4) is 0 Å². The molecule has 1 aliphatic carbocycles. The van der Waals surface area contributed by atoms with Crippen LogP contribution in [0, 0.1) is 38.0 Å². The molecule has 2 aliphatic heterocycles. The average Bonchev–Trinajstić information content (AvgIpc) is 3.38. The second kappa shape index (κ2) is 10.0. The summed E-state index contributed by atoms with van der Waals surface area (Å²) < 4.78 is 0. The molecule has 1 saturated carbocycles. The molecule has 2 amide bonds. The summed E-state index contributed by atoms with van der Waals surface area (Å²) in [6.45, 7) is 24.3. The lowest BCUT2D eigenvalue weighted by Crippen LogP contribution is -2.45. The van der Waals surface area contributed by atoms with E-state index in [-0.39, 0.29) is 29.1 Å². The summed E-state index contributed by atoms with van der Waals surface area (Å²) in [4.78, 5) is 41.6. The van der Waals surface area contributed by atoms with Crippen LogP contribution in [0.15, 0.2) is 30.5 Å². The van der Waals surface area contributed by atoms with Gasteiger partial charge < -0.3 is 9.80 Å². The summed E-state index contributed by atoms with van der Waals surface area (Å²) in [5, 5.41) is 0. The molecule has 2 aromatic heterocycles. The van der Waals surface area contributed by atoms with Crippen LogP contribution in [0.4, 0.5) is 0 Å². The Hall–Kier alpha value is -3.32. The van der Waals surface area contributed by atoms with Gasteiger partial charge in [-0.05, 0) is 69.0 Å². The molecule has 7 nitrogen and oxygen atoms in total. The number of imide groups is 1. The number of likely N-dealkylation sites (N-methyl/N-ethyl adjacent to an activating group) is 1. The van der Waals surface area contributed by atoms with Gasteiger partial charge in [0.15, 0.2) is 0 Å². The molecular formula is C32H41N5O2. The Kier molecular flexibility index (Phi) is 7.00. The smallest absolute Gasteiger partial charge is 0.233 e. The molecule has 39 heavy (non-hydrogen) atoms. The van der Waals surface area contributed by atoms with Crippen LogP contribution < -0.4 is 0 Å². The average molecular weight is 528 g/mol. The molecule has 2 unspecified atom stereocenters.